The molecule has 0 atom stereocenters. The third-order valence-corrected chi connectivity index (χ3v) is 4.23. The van der Waals surface area contributed by atoms with Gasteiger partial charge in [0.25, 0.3) is 0 Å². The summed E-state index contributed by atoms with van der Waals surface area (Å²) in [7, 11) is 0. The molecule has 1 aliphatic rings. The number of nitrogens with one attached hydrogen (secondary N) is 1. The van der Waals surface area contributed by atoms with Crippen LogP contribution in [0.15, 0.2) is 18.2 Å². The molecular formula is C16H22ClF2NO. The van der Waals surface area contributed by atoms with Crippen LogP contribution in [0, 0.1) is 5.92 Å². The minimum absolute atomic E-state index is 0.192. The molecule has 0 unspecified atom stereocenters. The summed E-state index contributed by atoms with van der Waals surface area (Å²) in [5, 5.41) is 3.81. The van der Waals surface area contributed by atoms with E-state index in [4.69, 9.17) is 11.6 Å². The van der Waals surface area contributed by atoms with Gasteiger partial charge in [0.2, 0.25) is 0 Å². The van der Waals surface area contributed by atoms with Crippen molar-refractivity contribution in [2.45, 2.75) is 51.7 Å². The zero-order valence-electron chi connectivity index (χ0n) is 12.1. The van der Waals surface area contributed by atoms with Crippen molar-refractivity contribution in [3.8, 4) is 5.75 Å². The van der Waals surface area contributed by atoms with Gasteiger partial charge >= 0.3 is 6.61 Å². The highest BCUT2D eigenvalue weighted by Gasteiger charge is 2.14. The second kappa shape index (κ2) is 8.54. The smallest absolute Gasteiger partial charge is 0.387 e. The van der Waals surface area contributed by atoms with E-state index in [0.29, 0.717) is 17.1 Å². The molecule has 2 rings (SSSR count). The van der Waals surface area contributed by atoms with Gasteiger partial charge in [0, 0.05) is 17.1 Å². The Balaban J connectivity index is 1.74. The first-order chi connectivity index (χ1) is 10.1. The molecule has 0 saturated heterocycles. The van der Waals surface area contributed by atoms with Crippen molar-refractivity contribution < 1.29 is 13.5 Å². The molecule has 1 aliphatic carbocycles. The highest BCUT2D eigenvalue weighted by Crippen LogP contribution is 2.28. The molecular weight excluding hydrogens is 296 g/mol. The van der Waals surface area contributed by atoms with Crippen molar-refractivity contribution in [1.82, 2.24) is 5.32 Å². The van der Waals surface area contributed by atoms with Crippen molar-refractivity contribution in [2.24, 2.45) is 5.92 Å². The Morgan fingerprint density at radius 2 is 2.05 bits per heavy atom. The van der Waals surface area contributed by atoms with Crippen LogP contribution in [0.5, 0.6) is 5.75 Å². The normalized spacial score (nSPS) is 15.8. The van der Waals surface area contributed by atoms with Crippen molar-refractivity contribution >= 4 is 11.6 Å². The molecule has 0 aliphatic heterocycles. The fourth-order valence-electron chi connectivity index (χ4n) is 2.93. The van der Waals surface area contributed by atoms with Gasteiger partial charge in [-0.05, 0) is 43.5 Å². The molecule has 21 heavy (non-hydrogen) atoms. The fourth-order valence-corrected chi connectivity index (χ4v) is 3.13. The maximum Gasteiger partial charge on any atom is 0.387 e. The summed E-state index contributed by atoms with van der Waals surface area (Å²) in [5.41, 5.74) is 0.670. The van der Waals surface area contributed by atoms with E-state index in [1.165, 1.54) is 38.2 Å². The summed E-state index contributed by atoms with van der Waals surface area (Å²) in [6.45, 7) is -1.43. The Morgan fingerprint density at radius 3 is 2.76 bits per heavy atom. The Kier molecular flexibility index (Phi) is 6.71. The first-order valence-electron chi connectivity index (χ1n) is 7.59. The van der Waals surface area contributed by atoms with E-state index in [1.54, 1.807) is 12.1 Å². The molecule has 0 radical (unpaired) electrons. The number of hydrogen-bond donors (Lipinski definition) is 1. The molecule has 1 N–H and O–H groups in total. The quantitative estimate of drug-likeness (QED) is 0.681. The van der Waals surface area contributed by atoms with Crippen LogP contribution < -0.4 is 10.1 Å². The van der Waals surface area contributed by atoms with Gasteiger partial charge in [0.15, 0.2) is 0 Å². The Hall–Kier alpha value is -0.870. The molecule has 1 aromatic carbocycles. The number of rotatable bonds is 8. The molecule has 0 heterocycles. The number of halogens is 3. The lowest BCUT2D eigenvalue weighted by molar-refractivity contribution is -0.0504. The highest BCUT2D eigenvalue weighted by molar-refractivity contribution is 6.30. The van der Waals surface area contributed by atoms with Crippen LogP contribution in [0.25, 0.3) is 0 Å². The molecule has 1 fully saturated rings. The molecule has 1 saturated carbocycles. The van der Waals surface area contributed by atoms with Crippen molar-refractivity contribution in [1.29, 1.82) is 0 Å². The predicted molar refractivity (Wildman–Crippen MR) is 81.0 cm³/mol. The summed E-state index contributed by atoms with van der Waals surface area (Å²) in [6.07, 6.45) is 7.84. The van der Waals surface area contributed by atoms with E-state index in [9.17, 15) is 8.78 Å². The second-order valence-corrected chi connectivity index (χ2v) is 6.04. The SMILES string of the molecule is FC(F)Oc1ccc(Cl)cc1CNCCCC1CCCC1. The maximum atomic E-state index is 12.3. The van der Waals surface area contributed by atoms with E-state index in [0.717, 1.165) is 18.9 Å². The van der Waals surface area contributed by atoms with Gasteiger partial charge in [-0.1, -0.05) is 37.3 Å². The molecule has 0 spiro atoms. The Labute approximate surface area is 129 Å². The van der Waals surface area contributed by atoms with Gasteiger partial charge in [-0.3, -0.25) is 0 Å². The highest BCUT2D eigenvalue weighted by atomic mass is 35.5. The average molecular weight is 318 g/mol. The van der Waals surface area contributed by atoms with Crippen LogP contribution in [-0.2, 0) is 6.54 Å². The van der Waals surface area contributed by atoms with Crippen molar-refractivity contribution in [3.63, 3.8) is 0 Å². The van der Waals surface area contributed by atoms with Crippen LogP contribution in [0.4, 0.5) is 8.78 Å². The number of ether oxygens (including phenoxy) is 1. The third kappa shape index (κ3) is 5.79. The van der Waals surface area contributed by atoms with Gasteiger partial charge in [0.05, 0.1) is 0 Å². The van der Waals surface area contributed by atoms with Crippen LogP contribution in [-0.4, -0.2) is 13.2 Å². The topological polar surface area (TPSA) is 21.3 Å². The van der Waals surface area contributed by atoms with Gasteiger partial charge in [0.1, 0.15) is 5.75 Å². The summed E-state index contributed by atoms with van der Waals surface area (Å²) in [5.74, 6) is 1.08. The summed E-state index contributed by atoms with van der Waals surface area (Å²) in [6, 6.07) is 4.72. The monoisotopic (exact) mass is 317 g/mol. The zero-order chi connectivity index (χ0) is 15.1. The molecule has 118 valence electrons. The first-order valence-corrected chi connectivity index (χ1v) is 7.97. The Bertz CT molecular complexity index is 436. The lowest BCUT2D eigenvalue weighted by atomic mass is 10.0. The molecule has 0 bridgehead atoms. The number of alkyl halides is 2. The lowest BCUT2D eigenvalue weighted by Crippen LogP contribution is -2.16. The van der Waals surface area contributed by atoms with Crippen LogP contribution in [0.2, 0.25) is 5.02 Å². The summed E-state index contributed by atoms with van der Waals surface area (Å²) >= 11 is 5.91. The minimum atomic E-state index is -2.81. The molecule has 5 heteroatoms. The molecule has 0 amide bonds. The van der Waals surface area contributed by atoms with Crippen LogP contribution in [0.1, 0.15) is 44.1 Å². The third-order valence-electron chi connectivity index (χ3n) is 3.99. The van der Waals surface area contributed by atoms with Crippen molar-refractivity contribution in [2.75, 3.05) is 6.54 Å². The predicted octanol–water partition coefficient (Wildman–Crippen LogP) is 5.00. The summed E-state index contributed by atoms with van der Waals surface area (Å²) < 4.78 is 29.2. The van der Waals surface area contributed by atoms with Gasteiger partial charge < -0.3 is 10.1 Å². The van der Waals surface area contributed by atoms with Crippen LogP contribution in [0.3, 0.4) is 0 Å². The molecule has 1 aromatic rings. The lowest BCUT2D eigenvalue weighted by Gasteiger charge is -2.13. The molecule has 2 nitrogen and oxygen atoms in total. The van der Waals surface area contributed by atoms with E-state index >= 15 is 0 Å². The van der Waals surface area contributed by atoms with E-state index < -0.39 is 6.61 Å². The van der Waals surface area contributed by atoms with Crippen molar-refractivity contribution in [3.05, 3.63) is 28.8 Å². The average Bonchev–Trinajstić information content (AvgIpc) is 2.94. The maximum absolute atomic E-state index is 12.3. The first kappa shape index (κ1) is 16.5. The Morgan fingerprint density at radius 1 is 1.29 bits per heavy atom. The minimum Gasteiger partial charge on any atom is -0.434 e. The van der Waals surface area contributed by atoms with E-state index in [2.05, 4.69) is 10.1 Å². The fraction of sp³-hybridized carbons (Fsp3) is 0.625. The zero-order valence-corrected chi connectivity index (χ0v) is 12.8. The largest absolute Gasteiger partial charge is 0.434 e. The van der Waals surface area contributed by atoms with E-state index in [-0.39, 0.29) is 5.75 Å². The second-order valence-electron chi connectivity index (χ2n) is 5.60. The van der Waals surface area contributed by atoms with Gasteiger partial charge in [-0.25, -0.2) is 0 Å². The molecule has 0 aromatic heterocycles. The van der Waals surface area contributed by atoms with Crippen LogP contribution >= 0.6 is 11.6 Å². The van der Waals surface area contributed by atoms with E-state index in [1.807, 2.05) is 0 Å². The number of hydrogen-bond acceptors (Lipinski definition) is 2. The summed E-state index contributed by atoms with van der Waals surface area (Å²) in [4.78, 5) is 0. The van der Waals surface area contributed by atoms with Gasteiger partial charge in [-0.2, -0.15) is 8.78 Å². The van der Waals surface area contributed by atoms with Gasteiger partial charge in [-0.15, -0.1) is 0 Å². The standard InChI is InChI=1S/C16H22ClF2NO/c17-14-7-8-15(21-16(18)19)13(10-14)11-20-9-3-6-12-4-1-2-5-12/h7-8,10,12,16,20H,1-6,9,11H2. The number of benzene rings is 1.